The van der Waals surface area contributed by atoms with Crippen molar-refractivity contribution in [2.75, 3.05) is 37.7 Å². The van der Waals surface area contributed by atoms with Crippen LogP contribution in [0, 0.1) is 5.92 Å². The van der Waals surface area contributed by atoms with Gasteiger partial charge in [0, 0.05) is 30.6 Å². The van der Waals surface area contributed by atoms with E-state index in [0.717, 1.165) is 12.0 Å². The van der Waals surface area contributed by atoms with E-state index in [4.69, 9.17) is 0 Å². The molecule has 2 atom stereocenters. The van der Waals surface area contributed by atoms with Crippen molar-refractivity contribution < 1.29 is 0 Å². The van der Waals surface area contributed by atoms with Crippen LogP contribution in [0.5, 0.6) is 0 Å². The van der Waals surface area contributed by atoms with Gasteiger partial charge >= 0.3 is 0 Å². The van der Waals surface area contributed by atoms with Crippen molar-refractivity contribution in [3.63, 3.8) is 0 Å². The van der Waals surface area contributed by atoms with Crippen molar-refractivity contribution >= 4 is 11.8 Å². The molecule has 16 heavy (non-hydrogen) atoms. The third-order valence-corrected chi connectivity index (χ3v) is 5.13. The molecule has 2 fully saturated rings. The molecule has 2 heterocycles. The molecule has 2 saturated heterocycles. The fourth-order valence-electron chi connectivity index (χ4n) is 2.86. The first kappa shape index (κ1) is 12.7. The summed E-state index contributed by atoms with van der Waals surface area (Å²) in [6, 6.07) is 0.747. The van der Waals surface area contributed by atoms with Gasteiger partial charge in [0.2, 0.25) is 0 Å². The van der Waals surface area contributed by atoms with E-state index in [2.05, 4.69) is 28.9 Å². The van der Waals surface area contributed by atoms with Crippen molar-refractivity contribution in [1.82, 2.24) is 10.2 Å². The van der Waals surface area contributed by atoms with Crippen LogP contribution >= 0.6 is 11.8 Å². The third-order valence-electron chi connectivity index (χ3n) is 3.99. The van der Waals surface area contributed by atoms with Crippen LogP contribution in [0.3, 0.4) is 0 Å². The zero-order valence-electron chi connectivity index (χ0n) is 10.6. The van der Waals surface area contributed by atoms with Crippen LogP contribution in [0.2, 0.25) is 0 Å². The van der Waals surface area contributed by atoms with Crippen LogP contribution in [0.1, 0.15) is 32.6 Å². The van der Waals surface area contributed by atoms with Crippen molar-refractivity contribution in [1.29, 1.82) is 0 Å². The Morgan fingerprint density at radius 1 is 1.31 bits per heavy atom. The molecule has 0 aromatic heterocycles. The Balaban J connectivity index is 1.72. The van der Waals surface area contributed by atoms with Crippen molar-refractivity contribution in [2.24, 2.45) is 5.92 Å². The summed E-state index contributed by atoms with van der Waals surface area (Å²) in [5.41, 5.74) is 0. The predicted octanol–water partition coefficient (Wildman–Crippen LogP) is 2.20. The maximum absolute atomic E-state index is 3.65. The number of likely N-dealkylation sites (tertiary alicyclic amines) is 1. The van der Waals surface area contributed by atoms with Gasteiger partial charge in [0.1, 0.15) is 0 Å². The van der Waals surface area contributed by atoms with Gasteiger partial charge in [-0.2, -0.15) is 11.8 Å². The Labute approximate surface area is 105 Å². The minimum atomic E-state index is 0.747. The van der Waals surface area contributed by atoms with Gasteiger partial charge < -0.3 is 10.2 Å². The van der Waals surface area contributed by atoms with E-state index in [0.29, 0.717) is 0 Å². The molecule has 2 aliphatic rings. The summed E-state index contributed by atoms with van der Waals surface area (Å²) >= 11 is 2.11. The highest BCUT2D eigenvalue weighted by Crippen LogP contribution is 2.20. The molecule has 2 nitrogen and oxygen atoms in total. The van der Waals surface area contributed by atoms with Crippen molar-refractivity contribution in [3.8, 4) is 0 Å². The zero-order chi connectivity index (χ0) is 11.2. The first-order valence-corrected chi connectivity index (χ1v) is 8.07. The number of thioether (sulfide) groups is 1. The molecule has 3 heteroatoms. The van der Waals surface area contributed by atoms with E-state index in [-0.39, 0.29) is 0 Å². The topological polar surface area (TPSA) is 15.3 Å². The summed E-state index contributed by atoms with van der Waals surface area (Å²) < 4.78 is 0. The summed E-state index contributed by atoms with van der Waals surface area (Å²) in [5, 5.41) is 3.65. The second-order valence-corrected chi connectivity index (χ2v) is 6.38. The van der Waals surface area contributed by atoms with Crippen LogP contribution in [0.25, 0.3) is 0 Å². The molecule has 0 spiro atoms. The van der Waals surface area contributed by atoms with Gasteiger partial charge in [0.25, 0.3) is 0 Å². The van der Waals surface area contributed by atoms with Crippen LogP contribution in [0.4, 0.5) is 0 Å². The molecule has 0 aromatic rings. The smallest absolute Gasteiger partial charge is 0.0285 e. The number of hydrogen-bond donors (Lipinski definition) is 1. The van der Waals surface area contributed by atoms with Gasteiger partial charge in [-0.25, -0.2) is 0 Å². The summed E-state index contributed by atoms with van der Waals surface area (Å²) in [4.78, 5) is 2.69. The molecule has 2 aliphatic heterocycles. The molecular formula is C13H26N2S. The lowest BCUT2D eigenvalue weighted by atomic mass is 9.98. The second kappa shape index (κ2) is 6.87. The number of nitrogens with one attached hydrogen (secondary N) is 1. The predicted molar refractivity (Wildman–Crippen MR) is 73.2 cm³/mol. The standard InChI is InChI=1S/C13H26N2S/c1-2-12-4-3-7-15(8-5-12)10-13-11-16-9-6-14-13/h12-14H,2-11H2,1H3. The SMILES string of the molecule is CCC1CCCN(CC2CSCCN2)CC1. The molecule has 1 N–H and O–H groups in total. The third kappa shape index (κ3) is 3.94. The quantitative estimate of drug-likeness (QED) is 0.817. The van der Waals surface area contributed by atoms with Crippen LogP contribution in [-0.4, -0.2) is 48.6 Å². The van der Waals surface area contributed by atoms with E-state index in [1.54, 1.807) is 0 Å². The van der Waals surface area contributed by atoms with Gasteiger partial charge in [0.05, 0.1) is 0 Å². The van der Waals surface area contributed by atoms with E-state index in [1.165, 1.54) is 63.4 Å². The van der Waals surface area contributed by atoms with Crippen molar-refractivity contribution in [3.05, 3.63) is 0 Å². The zero-order valence-corrected chi connectivity index (χ0v) is 11.4. The summed E-state index contributed by atoms with van der Waals surface area (Å²) in [6.45, 7) is 7.50. The monoisotopic (exact) mass is 242 g/mol. The lowest BCUT2D eigenvalue weighted by molar-refractivity contribution is 0.254. The normalized spacial score (nSPS) is 33.6. The van der Waals surface area contributed by atoms with E-state index in [9.17, 15) is 0 Å². The molecular weight excluding hydrogens is 216 g/mol. The highest BCUT2D eigenvalue weighted by Gasteiger charge is 2.20. The highest BCUT2D eigenvalue weighted by molar-refractivity contribution is 7.99. The number of hydrogen-bond acceptors (Lipinski definition) is 3. The Hall–Kier alpha value is 0.270. The molecule has 2 rings (SSSR count). The summed E-state index contributed by atoms with van der Waals surface area (Å²) in [6.07, 6.45) is 5.68. The van der Waals surface area contributed by atoms with Gasteiger partial charge in [-0.15, -0.1) is 0 Å². The molecule has 0 radical (unpaired) electrons. The van der Waals surface area contributed by atoms with Gasteiger partial charge in [-0.3, -0.25) is 0 Å². The molecule has 94 valence electrons. The maximum atomic E-state index is 3.65. The first-order chi connectivity index (χ1) is 7.88. The molecule has 0 bridgehead atoms. The van der Waals surface area contributed by atoms with Gasteiger partial charge in [-0.05, 0) is 38.3 Å². The molecule has 0 saturated carbocycles. The Morgan fingerprint density at radius 2 is 2.25 bits per heavy atom. The Morgan fingerprint density at radius 3 is 3.00 bits per heavy atom. The fourth-order valence-corrected chi connectivity index (χ4v) is 3.80. The maximum Gasteiger partial charge on any atom is 0.0285 e. The average molecular weight is 242 g/mol. The summed E-state index contributed by atoms with van der Waals surface area (Å²) in [5.74, 6) is 3.61. The lowest BCUT2D eigenvalue weighted by Crippen LogP contribution is -2.46. The van der Waals surface area contributed by atoms with Crippen LogP contribution in [0.15, 0.2) is 0 Å². The minimum Gasteiger partial charge on any atom is -0.311 e. The molecule has 0 aromatic carbocycles. The second-order valence-electron chi connectivity index (χ2n) is 5.23. The van der Waals surface area contributed by atoms with E-state index in [1.807, 2.05) is 0 Å². The lowest BCUT2D eigenvalue weighted by Gasteiger charge is -2.29. The molecule has 0 amide bonds. The molecule has 0 aliphatic carbocycles. The largest absolute Gasteiger partial charge is 0.311 e. The van der Waals surface area contributed by atoms with E-state index < -0.39 is 0 Å². The fraction of sp³-hybridized carbons (Fsp3) is 1.00. The van der Waals surface area contributed by atoms with Crippen LogP contribution < -0.4 is 5.32 Å². The van der Waals surface area contributed by atoms with Crippen LogP contribution in [-0.2, 0) is 0 Å². The average Bonchev–Trinajstić information content (AvgIpc) is 2.56. The van der Waals surface area contributed by atoms with Crippen molar-refractivity contribution in [2.45, 2.75) is 38.6 Å². The van der Waals surface area contributed by atoms with Gasteiger partial charge in [-0.1, -0.05) is 13.3 Å². The Kier molecular flexibility index (Phi) is 5.46. The summed E-state index contributed by atoms with van der Waals surface area (Å²) in [7, 11) is 0. The number of nitrogens with zero attached hydrogens (tertiary/aromatic N) is 1. The number of rotatable bonds is 3. The Bertz CT molecular complexity index is 192. The first-order valence-electron chi connectivity index (χ1n) is 6.92. The van der Waals surface area contributed by atoms with E-state index >= 15 is 0 Å². The van der Waals surface area contributed by atoms with Gasteiger partial charge in [0.15, 0.2) is 0 Å². The minimum absolute atomic E-state index is 0.747. The highest BCUT2D eigenvalue weighted by atomic mass is 32.2. The molecule has 2 unspecified atom stereocenters.